The van der Waals surface area contributed by atoms with Crippen molar-refractivity contribution in [3.05, 3.63) is 18.7 Å². The van der Waals surface area contributed by atoms with Gasteiger partial charge in [-0.1, -0.05) is 0 Å². The summed E-state index contributed by atoms with van der Waals surface area (Å²) in [4.78, 5) is 15.2. The van der Waals surface area contributed by atoms with Gasteiger partial charge < -0.3 is 15.2 Å². The molecule has 0 aliphatic carbocycles. The van der Waals surface area contributed by atoms with E-state index in [2.05, 4.69) is 15.6 Å². The van der Waals surface area contributed by atoms with E-state index in [1.807, 2.05) is 24.6 Å². The minimum absolute atomic E-state index is 0.0376. The summed E-state index contributed by atoms with van der Waals surface area (Å²) in [6.45, 7) is 5.86. The Labute approximate surface area is 89.9 Å². The number of hydrogen-bond acceptors (Lipinski definition) is 3. The Balaban J connectivity index is 2.04. The zero-order valence-electron chi connectivity index (χ0n) is 9.23. The van der Waals surface area contributed by atoms with Gasteiger partial charge in [-0.15, -0.1) is 0 Å². The summed E-state index contributed by atoms with van der Waals surface area (Å²) in [7, 11) is 0. The number of aromatic nitrogens is 2. The van der Waals surface area contributed by atoms with E-state index >= 15 is 0 Å². The maximum atomic E-state index is 11.2. The van der Waals surface area contributed by atoms with Crippen LogP contribution >= 0.6 is 0 Å². The molecule has 1 heterocycles. The fourth-order valence-electron chi connectivity index (χ4n) is 1.20. The first kappa shape index (κ1) is 11.7. The highest BCUT2D eigenvalue weighted by Crippen LogP contribution is 1.83. The van der Waals surface area contributed by atoms with E-state index in [9.17, 15) is 4.79 Å². The zero-order valence-corrected chi connectivity index (χ0v) is 9.23. The van der Waals surface area contributed by atoms with Crippen molar-refractivity contribution in [1.82, 2.24) is 20.2 Å². The molecule has 0 aliphatic heterocycles. The lowest BCUT2D eigenvalue weighted by molar-refractivity contribution is -0.120. The van der Waals surface area contributed by atoms with Crippen molar-refractivity contribution in [1.29, 1.82) is 0 Å². The topological polar surface area (TPSA) is 59.0 Å². The Bertz CT molecular complexity index is 282. The smallest absolute Gasteiger partial charge is 0.234 e. The van der Waals surface area contributed by atoms with Gasteiger partial charge in [0.2, 0.25) is 5.91 Å². The first-order chi connectivity index (χ1) is 7.18. The van der Waals surface area contributed by atoms with Crippen molar-refractivity contribution in [2.24, 2.45) is 0 Å². The zero-order chi connectivity index (χ0) is 11.1. The molecule has 1 amide bonds. The summed E-state index contributed by atoms with van der Waals surface area (Å²) in [6.07, 6.45) is 5.40. The molecule has 0 saturated heterocycles. The van der Waals surface area contributed by atoms with Gasteiger partial charge in [-0.25, -0.2) is 4.98 Å². The summed E-state index contributed by atoms with van der Waals surface area (Å²) in [5, 5.41) is 5.88. The lowest BCUT2D eigenvalue weighted by atomic mass is 10.4. The van der Waals surface area contributed by atoms with Gasteiger partial charge in [0.1, 0.15) is 0 Å². The highest BCUT2D eigenvalue weighted by Gasteiger charge is 2.01. The largest absolute Gasteiger partial charge is 0.353 e. The van der Waals surface area contributed by atoms with Crippen LogP contribution < -0.4 is 10.6 Å². The molecule has 15 heavy (non-hydrogen) atoms. The summed E-state index contributed by atoms with van der Waals surface area (Å²) in [5.41, 5.74) is 0. The maximum absolute atomic E-state index is 11.2. The van der Waals surface area contributed by atoms with Crippen LogP contribution in [0.3, 0.4) is 0 Å². The molecule has 0 saturated carbocycles. The van der Waals surface area contributed by atoms with Gasteiger partial charge in [0, 0.05) is 31.5 Å². The number of carbonyl (C=O) groups is 1. The minimum Gasteiger partial charge on any atom is -0.353 e. The number of nitrogens with zero attached hydrogens (tertiary/aromatic N) is 2. The molecule has 84 valence electrons. The predicted octanol–water partition coefficient (Wildman–Crippen LogP) is -0.00270. The van der Waals surface area contributed by atoms with Crippen LogP contribution in [0.1, 0.15) is 13.8 Å². The fourth-order valence-corrected chi connectivity index (χ4v) is 1.20. The van der Waals surface area contributed by atoms with Crippen LogP contribution in [0.5, 0.6) is 0 Å². The molecular weight excluding hydrogens is 192 g/mol. The molecule has 0 aliphatic rings. The Morgan fingerprint density at radius 1 is 1.53 bits per heavy atom. The van der Waals surface area contributed by atoms with Crippen LogP contribution in [0.15, 0.2) is 18.7 Å². The molecule has 0 atom stereocenters. The molecular formula is C10H18N4O. The molecule has 0 spiro atoms. The van der Waals surface area contributed by atoms with Crippen LogP contribution in [-0.2, 0) is 11.3 Å². The fraction of sp³-hybridized carbons (Fsp3) is 0.600. The second-order valence-electron chi connectivity index (χ2n) is 3.70. The highest BCUT2D eigenvalue weighted by molar-refractivity contribution is 5.78. The van der Waals surface area contributed by atoms with Crippen molar-refractivity contribution in [2.75, 3.05) is 13.1 Å². The first-order valence-electron chi connectivity index (χ1n) is 5.14. The number of amides is 1. The third-order valence-electron chi connectivity index (χ3n) is 1.84. The van der Waals surface area contributed by atoms with E-state index in [-0.39, 0.29) is 11.9 Å². The molecule has 5 heteroatoms. The Hall–Kier alpha value is -1.36. The van der Waals surface area contributed by atoms with E-state index in [1.54, 1.807) is 12.5 Å². The van der Waals surface area contributed by atoms with E-state index in [4.69, 9.17) is 0 Å². The molecule has 2 N–H and O–H groups in total. The second-order valence-corrected chi connectivity index (χ2v) is 3.70. The molecule has 0 fully saturated rings. The number of imidazole rings is 1. The van der Waals surface area contributed by atoms with Gasteiger partial charge >= 0.3 is 0 Å². The average molecular weight is 210 g/mol. The molecule has 1 aromatic rings. The molecule has 5 nitrogen and oxygen atoms in total. The second kappa shape index (κ2) is 6.19. The number of nitrogens with one attached hydrogen (secondary N) is 2. The summed E-state index contributed by atoms with van der Waals surface area (Å²) in [6, 6.07) is 0.202. The Kier molecular flexibility index (Phi) is 4.83. The summed E-state index contributed by atoms with van der Waals surface area (Å²) in [5.74, 6) is 0.0376. The standard InChI is InChI=1S/C10H18N4O/c1-9(2)13-10(15)7-11-3-5-14-6-4-12-8-14/h4,6,8-9,11H,3,5,7H2,1-2H3,(H,13,15). The van der Waals surface area contributed by atoms with Crippen LogP contribution in [-0.4, -0.2) is 34.6 Å². The normalized spacial score (nSPS) is 10.6. The van der Waals surface area contributed by atoms with Crippen molar-refractivity contribution < 1.29 is 4.79 Å². The van der Waals surface area contributed by atoms with Crippen molar-refractivity contribution >= 4 is 5.91 Å². The van der Waals surface area contributed by atoms with Crippen LogP contribution in [0.4, 0.5) is 0 Å². The molecule has 0 radical (unpaired) electrons. The van der Waals surface area contributed by atoms with Gasteiger partial charge in [-0.3, -0.25) is 4.79 Å². The molecule has 1 aromatic heterocycles. The third kappa shape index (κ3) is 5.17. The van der Waals surface area contributed by atoms with Crippen molar-refractivity contribution in [2.45, 2.75) is 26.4 Å². The van der Waals surface area contributed by atoms with E-state index < -0.39 is 0 Å². The third-order valence-corrected chi connectivity index (χ3v) is 1.84. The monoisotopic (exact) mass is 210 g/mol. The summed E-state index contributed by atoms with van der Waals surface area (Å²) >= 11 is 0. The van der Waals surface area contributed by atoms with Crippen LogP contribution in [0.2, 0.25) is 0 Å². The van der Waals surface area contributed by atoms with Crippen molar-refractivity contribution in [3.63, 3.8) is 0 Å². The van der Waals surface area contributed by atoms with Gasteiger partial charge in [-0.05, 0) is 13.8 Å². The molecule has 0 unspecified atom stereocenters. The van der Waals surface area contributed by atoms with E-state index in [0.29, 0.717) is 6.54 Å². The number of hydrogen-bond donors (Lipinski definition) is 2. The first-order valence-corrected chi connectivity index (χ1v) is 5.14. The number of rotatable bonds is 6. The summed E-state index contributed by atoms with van der Waals surface area (Å²) < 4.78 is 1.97. The van der Waals surface area contributed by atoms with Crippen molar-refractivity contribution in [3.8, 4) is 0 Å². The maximum Gasteiger partial charge on any atom is 0.234 e. The SMILES string of the molecule is CC(C)NC(=O)CNCCn1ccnc1. The van der Waals surface area contributed by atoms with Crippen LogP contribution in [0.25, 0.3) is 0 Å². The Morgan fingerprint density at radius 3 is 2.93 bits per heavy atom. The quantitative estimate of drug-likeness (QED) is 0.650. The minimum atomic E-state index is 0.0376. The van der Waals surface area contributed by atoms with E-state index in [0.717, 1.165) is 13.1 Å². The van der Waals surface area contributed by atoms with Gasteiger partial charge in [0.05, 0.1) is 12.9 Å². The van der Waals surface area contributed by atoms with Gasteiger partial charge in [0.25, 0.3) is 0 Å². The lowest BCUT2D eigenvalue weighted by Crippen LogP contribution is -2.38. The van der Waals surface area contributed by atoms with Crippen LogP contribution in [0, 0.1) is 0 Å². The molecule has 0 aromatic carbocycles. The Morgan fingerprint density at radius 2 is 2.33 bits per heavy atom. The average Bonchev–Trinajstić information content (AvgIpc) is 2.63. The molecule has 1 rings (SSSR count). The van der Waals surface area contributed by atoms with Gasteiger partial charge in [-0.2, -0.15) is 0 Å². The molecule has 0 bridgehead atoms. The van der Waals surface area contributed by atoms with Gasteiger partial charge in [0.15, 0.2) is 0 Å². The number of carbonyl (C=O) groups excluding carboxylic acids is 1. The van der Waals surface area contributed by atoms with E-state index in [1.165, 1.54) is 0 Å². The lowest BCUT2D eigenvalue weighted by Gasteiger charge is -2.09. The highest BCUT2D eigenvalue weighted by atomic mass is 16.1. The predicted molar refractivity (Wildman–Crippen MR) is 58.4 cm³/mol.